The molecule has 1 aliphatic heterocycles. The van der Waals surface area contributed by atoms with Crippen LogP contribution in [-0.2, 0) is 0 Å². The van der Waals surface area contributed by atoms with E-state index < -0.39 is 0 Å². The molecule has 1 fully saturated rings. The summed E-state index contributed by atoms with van der Waals surface area (Å²) in [5, 5.41) is 3.77. The summed E-state index contributed by atoms with van der Waals surface area (Å²) in [5.41, 5.74) is 1.50. The molecule has 1 saturated heterocycles. The Bertz CT molecular complexity index is 520. The van der Waals surface area contributed by atoms with Crippen LogP contribution in [0.3, 0.4) is 0 Å². The number of likely N-dealkylation sites (N-methyl/N-ethyl adjacent to an activating group) is 2. The van der Waals surface area contributed by atoms with Gasteiger partial charge < -0.3 is 4.90 Å². The summed E-state index contributed by atoms with van der Waals surface area (Å²) >= 11 is 1.87. The second-order valence-electron chi connectivity index (χ2n) is 4.95. The summed E-state index contributed by atoms with van der Waals surface area (Å²) in [6, 6.07) is 9.29. The fourth-order valence-electron chi connectivity index (χ4n) is 2.60. The van der Waals surface area contributed by atoms with E-state index in [1.807, 2.05) is 11.3 Å². The van der Waals surface area contributed by atoms with Gasteiger partial charge in [0.1, 0.15) is 0 Å². The van der Waals surface area contributed by atoms with E-state index in [-0.39, 0.29) is 0 Å². The van der Waals surface area contributed by atoms with Gasteiger partial charge in [-0.25, -0.2) is 0 Å². The van der Waals surface area contributed by atoms with Crippen LogP contribution >= 0.6 is 11.3 Å². The van der Waals surface area contributed by atoms with Gasteiger partial charge in [0.05, 0.1) is 0 Å². The van der Waals surface area contributed by atoms with Gasteiger partial charge in [0.2, 0.25) is 0 Å². The summed E-state index contributed by atoms with van der Waals surface area (Å²) in [6.45, 7) is 3.47. The molecule has 1 atom stereocenters. The number of piperazine rings is 1. The quantitative estimate of drug-likeness (QED) is 0.763. The van der Waals surface area contributed by atoms with Gasteiger partial charge in [-0.15, -0.1) is 11.3 Å². The highest BCUT2D eigenvalue weighted by atomic mass is 32.1. The van der Waals surface area contributed by atoms with Gasteiger partial charge in [-0.3, -0.25) is 4.90 Å². The van der Waals surface area contributed by atoms with Crippen molar-refractivity contribution in [2.75, 3.05) is 33.7 Å². The van der Waals surface area contributed by atoms with Crippen molar-refractivity contribution in [3.8, 4) is 0 Å². The zero-order valence-corrected chi connectivity index (χ0v) is 11.2. The van der Waals surface area contributed by atoms with E-state index in [1.165, 1.54) is 22.2 Å². The lowest BCUT2D eigenvalue weighted by atomic mass is 10.0. The summed E-state index contributed by atoms with van der Waals surface area (Å²) in [4.78, 5) is 4.91. The van der Waals surface area contributed by atoms with Crippen LogP contribution in [0.4, 0.5) is 0 Å². The average molecular weight is 246 g/mol. The molecule has 90 valence electrons. The normalized spacial score (nSPS) is 23.3. The highest BCUT2D eigenvalue weighted by Crippen LogP contribution is 2.33. The monoisotopic (exact) mass is 246 g/mol. The van der Waals surface area contributed by atoms with E-state index in [4.69, 9.17) is 0 Å². The highest BCUT2D eigenvalue weighted by Gasteiger charge is 2.25. The van der Waals surface area contributed by atoms with Gasteiger partial charge in [0, 0.05) is 30.4 Å². The van der Waals surface area contributed by atoms with E-state index in [9.17, 15) is 0 Å². The Morgan fingerprint density at radius 3 is 2.88 bits per heavy atom. The predicted molar refractivity (Wildman–Crippen MR) is 74.7 cm³/mol. The Morgan fingerprint density at radius 1 is 1.18 bits per heavy atom. The van der Waals surface area contributed by atoms with E-state index in [0.717, 1.165) is 13.1 Å². The standard InChI is InChI=1S/C14H18N2S/c1-15-7-8-16(2)13(9-15)12-10-17-14-6-4-3-5-11(12)14/h3-6,10,13H,7-9H2,1-2H3. The predicted octanol–water partition coefficient (Wildman–Crippen LogP) is 2.82. The second kappa shape index (κ2) is 4.41. The average Bonchev–Trinajstić information content (AvgIpc) is 2.76. The molecule has 0 saturated carbocycles. The molecule has 0 N–H and O–H groups in total. The molecule has 3 heteroatoms. The largest absolute Gasteiger partial charge is 0.303 e. The third kappa shape index (κ3) is 1.99. The van der Waals surface area contributed by atoms with Crippen LogP contribution in [0.15, 0.2) is 29.6 Å². The minimum absolute atomic E-state index is 0.546. The van der Waals surface area contributed by atoms with E-state index >= 15 is 0 Å². The van der Waals surface area contributed by atoms with Crippen LogP contribution in [-0.4, -0.2) is 43.5 Å². The summed E-state index contributed by atoms with van der Waals surface area (Å²) in [6.07, 6.45) is 0. The lowest BCUT2D eigenvalue weighted by Gasteiger charge is -2.37. The Kier molecular flexibility index (Phi) is 2.90. The van der Waals surface area contributed by atoms with Gasteiger partial charge in [-0.1, -0.05) is 18.2 Å². The van der Waals surface area contributed by atoms with Crippen molar-refractivity contribution in [3.63, 3.8) is 0 Å². The number of hydrogen-bond donors (Lipinski definition) is 0. The Balaban J connectivity index is 2.02. The van der Waals surface area contributed by atoms with Crippen molar-refractivity contribution >= 4 is 21.4 Å². The first kappa shape index (κ1) is 11.2. The molecule has 1 aliphatic rings. The highest BCUT2D eigenvalue weighted by molar-refractivity contribution is 7.17. The second-order valence-corrected chi connectivity index (χ2v) is 5.86. The molecule has 0 aliphatic carbocycles. The van der Waals surface area contributed by atoms with Crippen molar-refractivity contribution < 1.29 is 0 Å². The van der Waals surface area contributed by atoms with Crippen molar-refractivity contribution in [2.24, 2.45) is 0 Å². The maximum Gasteiger partial charge on any atom is 0.0487 e. The molecule has 2 nitrogen and oxygen atoms in total. The van der Waals surface area contributed by atoms with E-state index in [0.29, 0.717) is 6.04 Å². The number of thiophene rings is 1. The first-order chi connectivity index (χ1) is 8.25. The Labute approximate surface area is 106 Å². The molecule has 17 heavy (non-hydrogen) atoms. The maximum absolute atomic E-state index is 2.48. The SMILES string of the molecule is CN1CCN(C)C(c2csc3ccccc23)C1. The molecule has 1 aromatic heterocycles. The molecule has 0 amide bonds. The van der Waals surface area contributed by atoms with Crippen LogP contribution in [0.1, 0.15) is 11.6 Å². The zero-order chi connectivity index (χ0) is 11.8. The number of nitrogens with zero attached hydrogens (tertiary/aromatic N) is 2. The van der Waals surface area contributed by atoms with Gasteiger partial charge in [-0.05, 0) is 36.5 Å². The van der Waals surface area contributed by atoms with Crippen LogP contribution < -0.4 is 0 Å². The number of rotatable bonds is 1. The molecule has 1 aromatic carbocycles. The number of fused-ring (bicyclic) bond motifs is 1. The van der Waals surface area contributed by atoms with Crippen LogP contribution in [0.2, 0.25) is 0 Å². The summed E-state index contributed by atoms with van der Waals surface area (Å²) in [7, 11) is 4.46. The molecule has 2 aromatic rings. The van der Waals surface area contributed by atoms with Crippen molar-refractivity contribution in [1.82, 2.24) is 9.80 Å². The van der Waals surface area contributed by atoms with E-state index in [1.54, 1.807) is 0 Å². The van der Waals surface area contributed by atoms with Gasteiger partial charge >= 0.3 is 0 Å². The molecule has 0 radical (unpaired) electrons. The van der Waals surface area contributed by atoms with Crippen LogP contribution in [0.5, 0.6) is 0 Å². The third-order valence-corrected chi connectivity index (χ3v) is 4.70. The lowest BCUT2D eigenvalue weighted by molar-refractivity contribution is 0.116. The van der Waals surface area contributed by atoms with Gasteiger partial charge in [-0.2, -0.15) is 0 Å². The van der Waals surface area contributed by atoms with Crippen molar-refractivity contribution in [3.05, 3.63) is 35.2 Å². The van der Waals surface area contributed by atoms with Crippen molar-refractivity contribution in [2.45, 2.75) is 6.04 Å². The first-order valence-corrected chi connectivity index (χ1v) is 6.98. The Morgan fingerprint density at radius 2 is 2.00 bits per heavy atom. The number of benzene rings is 1. The third-order valence-electron chi connectivity index (χ3n) is 3.72. The molecular formula is C14H18N2S. The number of hydrogen-bond acceptors (Lipinski definition) is 3. The van der Waals surface area contributed by atoms with Crippen molar-refractivity contribution in [1.29, 1.82) is 0 Å². The Hall–Kier alpha value is -0.900. The van der Waals surface area contributed by atoms with Gasteiger partial charge in [0.25, 0.3) is 0 Å². The fourth-order valence-corrected chi connectivity index (χ4v) is 3.61. The van der Waals surface area contributed by atoms with E-state index in [2.05, 4.69) is 53.5 Å². The minimum atomic E-state index is 0.546. The summed E-state index contributed by atoms with van der Waals surface area (Å²) < 4.78 is 1.41. The maximum atomic E-state index is 2.48. The summed E-state index contributed by atoms with van der Waals surface area (Å²) in [5.74, 6) is 0. The molecule has 0 bridgehead atoms. The van der Waals surface area contributed by atoms with Crippen LogP contribution in [0, 0.1) is 0 Å². The molecule has 3 rings (SSSR count). The molecular weight excluding hydrogens is 228 g/mol. The van der Waals surface area contributed by atoms with Gasteiger partial charge in [0.15, 0.2) is 0 Å². The zero-order valence-electron chi connectivity index (χ0n) is 10.4. The first-order valence-electron chi connectivity index (χ1n) is 6.10. The smallest absolute Gasteiger partial charge is 0.0487 e. The molecule has 1 unspecified atom stereocenters. The lowest BCUT2D eigenvalue weighted by Crippen LogP contribution is -2.44. The van der Waals surface area contributed by atoms with Crippen LogP contribution in [0.25, 0.3) is 10.1 Å². The fraction of sp³-hybridized carbons (Fsp3) is 0.429. The molecule has 2 heterocycles. The molecule has 0 spiro atoms. The topological polar surface area (TPSA) is 6.48 Å². The minimum Gasteiger partial charge on any atom is -0.303 e.